The Morgan fingerprint density at radius 3 is 2.74 bits per heavy atom. The van der Waals surface area contributed by atoms with E-state index >= 15 is 0 Å². The molecule has 3 rings (SSSR count). The highest BCUT2D eigenvalue weighted by atomic mass is 16.2. The molecule has 1 aromatic heterocycles. The van der Waals surface area contributed by atoms with Crippen LogP contribution < -0.4 is 10.2 Å². The second-order valence-electron chi connectivity index (χ2n) is 7.23. The Hall–Kier alpha value is -2.73. The minimum atomic E-state index is -0.203. The summed E-state index contributed by atoms with van der Waals surface area (Å²) in [5.41, 5.74) is 2.94. The van der Waals surface area contributed by atoms with Crippen molar-refractivity contribution in [2.45, 2.75) is 25.8 Å². The molecule has 0 fully saturated rings. The van der Waals surface area contributed by atoms with Crippen LogP contribution in [0.1, 0.15) is 39.6 Å². The Balaban J connectivity index is 1.72. The van der Waals surface area contributed by atoms with Gasteiger partial charge < -0.3 is 15.1 Å². The Bertz CT molecular complexity index is 834. The summed E-state index contributed by atoms with van der Waals surface area (Å²) in [5.74, 6) is -0.326. The number of fused-ring (bicyclic) bond motifs is 1. The standard InChI is InChI=1S/C21H26N4O2/c1-15-11-16-7-4-5-8-19(16)25(15)21(27)18-12-17(13-22-14-18)20(26)23-9-6-10-24(2)3/h4-5,7-8,12-15H,6,9-11H2,1-3H3,(H,23,26). The number of para-hydroxylation sites is 1. The van der Waals surface area contributed by atoms with Crippen LogP contribution >= 0.6 is 0 Å². The minimum Gasteiger partial charge on any atom is -0.352 e. The Morgan fingerprint density at radius 1 is 1.22 bits per heavy atom. The zero-order valence-corrected chi connectivity index (χ0v) is 16.1. The van der Waals surface area contributed by atoms with E-state index in [4.69, 9.17) is 0 Å². The fourth-order valence-electron chi connectivity index (χ4n) is 3.39. The van der Waals surface area contributed by atoms with Crippen LogP contribution in [0.15, 0.2) is 42.7 Å². The lowest BCUT2D eigenvalue weighted by atomic mass is 10.1. The first-order chi connectivity index (χ1) is 13.0. The molecule has 0 saturated heterocycles. The lowest BCUT2D eigenvalue weighted by Gasteiger charge is -2.22. The molecule has 0 saturated carbocycles. The van der Waals surface area contributed by atoms with Gasteiger partial charge in [0.2, 0.25) is 0 Å². The number of amides is 2. The van der Waals surface area contributed by atoms with E-state index in [9.17, 15) is 9.59 Å². The van der Waals surface area contributed by atoms with Gasteiger partial charge in [0, 0.05) is 30.7 Å². The van der Waals surface area contributed by atoms with Gasteiger partial charge in [-0.2, -0.15) is 0 Å². The molecular weight excluding hydrogens is 340 g/mol. The van der Waals surface area contributed by atoms with Gasteiger partial charge in [-0.15, -0.1) is 0 Å². The number of hydrogen-bond donors (Lipinski definition) is 1. The van der Waals surface area contributed by atoms with Crippen LogP contribution in [-0.4, -0.2) is 54.9 Å². The number of nitrogens with zero attached hydrogens (tertiary/aromatic N) is 3. The molecule has 0 bridgehead atoms. The molecule has 0 radical (unpaired) electrons. The monoisotopic (exact) mass is 366 g/mol. The molecule has 2 aromatic rings. The number of carbonyl (C=O) groups is 2. The molecule has 1 aliphatic heterocycles. The molecule has 27 heavy (non-hydrogen) atoms. The van der Waals surface area contributed by atoms with Crippen LogP contribution in [0.25, 0.3) is 0 Å². The maximum atomic E-state index is 13.1. The number of carbonyl (C=O) groups excluding carboxylic acids is 2. The quantitative estimate of drug-likeness (QED) is 0.797. The zero-order chi connectivity index (χ0) is 19.4. The van der Waals surface area contributed by atoms with E-state index in [2.05, 4.69) is 21.3 Å². The van der Waals surface area contributed by atoms with Crippen LogP contribution in [0.5, 0.6) is 0 Å². The number of aromatic nitrogens is 1. The number of hydrogen-bond acceptors (Lipinski definition) is 4. The summed E-state index contributed by atoms with van der Waals surface area (Å²) in [6.07, 6.45) is 4.73. The van der Waals surface area contributed by atoms with E-state index in [1.165, 1.54) is 18.0 Å². The third kappa shape index (κ3) is 4.34. The number of pyridine rings is 1. The van der Waals surface area contributed by atoms with Crippen LogP contribution in [0.2, 0.25) is 0 Å². The normalized spacial score (nSPS) is 15.7. The molecule has 0 aliphatic carbocycles. The summed E-state index contributed by atoms with van der Waals surface area (Å²) in [4.78, 5) is 33.4. The third-order valence-corrected chi connectivity index (χ3v) is 4.74. The molecular formula is C21H26N4O2. The van der Waals surface area contributed by atoms with E-state index in [1.807, 2.05) is 39.2 Å². The van der Waals surface area contributed by atoms with Crippen molar-refractivity contribution in [1.82, 2.24) is 15.2 Å². The molecule has 1 atom stereocenters. The molecule has 6 nitrogen and oxygen atoms in total. The Kier molecular flexibility index (Phi) is 5.86. The largest absolute Gasteiger partial charge is 0.352 e. The van der Waals surface area contributed by atoms with Crippen LogP contribution in [0.3, 0.4) is 0 Å². The highest BCUT2D eigenvalue weighted by Gasteiger charge is 2.31. The van der Waals surface area contributed by atoms with Crippen molar-refractivity contribution >= 4 is 17.5 Å². The van der Waals surface area contributed by atoms with Gasteiger partial charge in [-0.3, -0.25) is 14.6 Å². The lowest BCUT2D eigenvalue weighted by molar-refractivity contribution is 0.0952. The number of rotatable bonds is 6. The molecule has 1 N–H and O–H groups in total. The highest BCUT2D eigenvalue weighted by molar-refractivity contribution is 6.08. The topological polar surface area (TPSA) is 65.5 Å². The zero-order valence-electron chi connectivity index (χ0n) is 16.1. The van der Waals surface area contributed by atoms with Gasteiger partial charge >= 0.3 is 0 Å². The van der Waals surface area contributed by atoms with Gasteiger partial charge in [-0.25, -0.2) is 0 Å². The van der Waals surface area contributed by atoms with Gasteiger partial charge in [-0.05, 0) is 58.1 Å². The molecule has 2 heterocycles. The van der Waals surface area contributed by atoms with Crippen molar-refractivity contribution in [2.75, 3.05) is 32.1 Å². The van der Waals surface area contributed by atoms with Crippen molar-refractivity contribution in [3.63, 3.8) is 0 Å². The fourth-order valence-corrected chi connectivity index (χ4v) is 3.39. The highest BCUT2D eigenvalue weighted by Crippen LogP contribution is 2.32. The Morgan fingerprint density at radius 2 is 1.96 bits per heavy atom. The van der Waals surface area contributed by atoms with Crippen LogP contribution in [0.4, 0.5) is 5.69 Å². The SMILES string of the molecule is CC1Cc2ccccc2N1C(=O)c1cncc(C(=O)NCCCN(C)C)c1. The van der Waals surface area contributed by atoms with Gasteiger partial charge in [0.05, 0.1) is 11.1 Å². The van der Waals surface area contributed by atoms with Crippen molar-refractivity contribution < 1.29 is 9.59 Å². The number of nitrogens with one attached hydrogen (secondary N) is 1. The van der Waals surface area contributed by atoms with Crippen LogP contribution in [0, 0.1) is 0 Å². The van der Waals surface area contributed by atoms with Crippen molar-refractivity contribution in [1.29, 1.82) is 0 Å². The Labute approximate surface area is 160 Å². The van der Waals surface area contributed by atoms with E-state index in [0.29, 0.717) is 17.7 Å². The average molecular weight is 366 g/mol. The maximum absolute atomic E-state index is 13.1. The third-order valence-electron chi connectivity index (χ3n) is 4.74. The molecule has 1 unspecified atom stereocenters. The predicted octanol–water partition coefficient (Wildman–Crippen LogP) is 2.35. The summed E-state index contributed by atoms with van der Waals surface area (Å²) < 4.78 is 0. The predicted molar refractivity (Wildman–Crippen MR) is 106 cm³/mol. The van der Waals surface area contributed by atoms with Crippen LogP contribution in [-0.2, 0) is 6.42 Å². The summed E-state index contributed by atoms with van der Waals surface area (Å²) in [5, 5.41) is 2.88. The fraction of sp³-hybridized carbons (Fsp3) is 0.381. The second kappa shape index (κ2) is 8.31. The molecule has 1 aliphatic rings. The van der Waals surface area contributed by atoms with Gasteiger partial charge in [0.25, 0.3) is 11.8 Å². The van der Waals surface area contributed by atoms with Crippen molar-refractivity contribution in [3.05, 3.63) is 59.4 Å². The molecule has 0 spiro atoms. The molecule has 1 aromatic carbocycles. The summed E-state index contributed by atoms with van der Waals surface area (Å²) in [6.45, 7) is 3.53. The number of benzene rings is 1. The van der Waals surface area contributed by atoms with E-state index in [0.717, 1.165) is 25.1 Å². The average Bonchev–Trinajstić information content (AvgIpc) is 3.00. The summed E-state index contributed by atoms with van der Waals surface area (Å²) in [6, 6.07) is 9.65. The van der Waals surface area contributed by atoms with Gasteiger partial charge in [0.1, 0.15) is 0 Å². The minimum absolute atomic E-state index is 0.0819. The van der Waals surface area contributed by atoms with Crippen molar-refractivity contribution in [3.8, 4) is 0 Å². The van der Waals surface area contributed by atoms with Gasteiger partial charge in [-0.1, -0.05) is 18.2 Å². The summed E-state index contributed by atoms with van der Waals surface area (Å²) >= 11 is 0. The van der Waals surface area contributed by atoms with E-state index in [1.54, 1.807) is 11.0 Å². The van der Waals surface area contributed by atoms with Crippen molar-refractivity contribution in [2.24, 2.45) is 0 Å². The molecule has 6 heteroatoms. The molecule has 142 valence electrons. The lowest BCUT2D eigenvalue weighted by Crippen LogP contribution is -2.36. The maximum Gasteiger partial charge on any atom is 0.260 e. The first-order valence-corrected chi connectivity index (χ1v) is 9.27. The number of anilines is 1. The first-order valence-electron chi connectivity index (χ1n) is 9.27. The van der Waals surface area contributed by atoms with E-state index in [-0.39, 0.29) is 17.9 Å². The molecule has 2 amide bonds. The second-order valence-corrected chi connectivity index (χ2v) is 7.23. The smallest absolute Gasteiger partial charge is 0.260 e. The summed E-state index contributed by atoms with van der Waals surface area (Å²) in [7, 11) is 4.00. The first kappa shape index (κ1) is 19.0. The van der Waals surface area contributed by atoms with E-state index < -0.39 is 0 Å². The van der Waals surface area contributed by atoms with Gasteiger partial charge in [0.15, 0.2) is 0 Å².